The summed E-state index contributed by atoms with van der Waals surface area (Å²) in [6, 6.07) is 7.29. The Balaban J connectivity index is 1.44. The zero-order chi connectivity index (χ0) is 18.7. The van der Waals surface area contributed by atoms with Gasteiger partial charge in [0.05, 0.1) is 0 Å². The van der Waals surface area contributed by atoms with E-state index in [0.29, 0.717) is 31.1 Å². The fourth-order valence-electron chi connectivity index (χ4n) is 3.00. The van der Waals surface area contributed by atoms with E-state index in [-0.39, 0.29) is 24.5 Å². The van der Waals surface area contributed by atoms with Gasteiger partial charge in [-0.1, -0.05) is 12.1 Å². The number of rotatable bonds is 3. The van der Waals surface area contributed by atoms with E-state index in [2.05, 4.69) is 5.32 Å². The number of amides is 2. The Labute approximate surface area is 153 Å². The van der Waals surface area contributed by atoms with Crippen molar-refractivity contribution in [1.82, 2.24) is 10.2 Å². The van der Waals surface area contributed by atoms with Crippen molar-refractivity contribution in [3.63, 3.8) is 0 Å². The molecule has 0 radical (unpaired) electrons. The molecule has 2 amide bonds. The first-order valence-corrected chi connectivity index (χ1v) is 8.96. The number of fused-ring (bicyclic) bond motifs is 1. The fourth-order valence-corrected chi connectivity index (χ4v) is 3.00. The van der Waals surface area contributed by atoms with Gasteiger partial charge in [0.25, 0.3) is 5.91 Å². The summed E-state index contributed by atoms with van der Waals surface area (Å²) >= 11 is 0. The van der Waals surface area contributed by atoms with Crippen molar-refractivity contribution in [2.45, 2.75) is 38.9 Å². The van der Waals surface area contributed by atoms with Crippen molar-refractivity contribution in [2.75, 3.05) is 26.2 Å². The summed E-state index contributed by atoms with van der Waals surface area (Å²) in [5.74, 6) is 1.25. The Morgan fingerprint density at radius 1 is 1.27 bits per heavy atom. The smallest absolute Gasteiger partial charge is 0.410 e. The number of ether oxygens (including phenoxy) is 3. The molecule has 0 aromatic heterocycles. The molecule has 1 fully saturated rings. The number of carbonyl (C=O) groups excluding carboxylic acids is 2. The highest BCUT2D eigenvalue weighted by Crippen LogP contribution is 2.30. The minimum Gasteiger partial charge on any atom is -0.485 e. The number of nitrogens with one attached hydrogen (secondary N) is 1. The highest BCUT2D eigenvalue weighted by Gasteiger charge is 2.31. The summed E-state index contributed by atoms with van der Waals surface area (Å²) in [6.45, 7) is 7.47. The number of hydrogen-bond donors (Lipinski definition) is 1. The van der Waals surface area contributed by atoms with E-state index in [1.54, 1.807) is 11.0 Å². The van der Waals surface area contributed by atoms with Crippen LogP contribution < -0.4 is 14.8 Å². The van der Waals surface area contributed by atoms with E-state index in [0.717, 1.165) is 6.42 Å². The molecule has 2 aliphatic rings. The number of benzene rings is 1. The van der Waals surface area contributed by atoms with Crippen LogP contribution in [0.4, 0.5) is 4.79 Å². The van der Waals surface area contributed by atoms with E-state index in [9.17, 15) is 9.59 Å². The van der Waals surface area contributed by atoms with Crippen molar-refractivity contribution in [3.05, 3.63) is 24.3 Å². The summed E-state index contributed by atoms with van der Waals surface area (Å²) in [7, 11) is 0. The van der Waals surface area contributed by atoms with Crippen molar-refractivity contribution in [2.24, 2.45) is 5.92 Å². The second-order valence-corrected chi connectivity index (χ2v) is 7.69. The molecule has 2 heterocycles. The first-order valence-electron chi connectivity index (χ1n) is 8.96. The molecule has 7 heteroatoms. The van der Waals surface area contributed by atoms with Crippen LogP contribution in [0, 0.1) is 5.92 Å². The number of para-hydroxylation sites is 2. The third-order valence-corrected chi connectivity index (χ3v) is 4.30. The number of hydrogen-bond acceptors (Lipinski definition) is 5. The molecule has 0 saturated carbocycles. The van der Waals surface area contributed by atoms with E-state index < -0.39 is 11.7 Å². The third-order valence-electron chi connectivity index (χ3n) is 4.30. The van der Waals surface area contributed by atoms with Gasteiger partial charge in [0, 0.05) is 19.6 Å². The van der Waals surface area contributed by atoms with E-state index >= 15 is 0 Å². The number of nitrogens with zero attached hydrogens (tertiary/aromatic N) is 1. The maximum atomic E-state index is 12.3. The zero-order valence-electron chi connectivity index (χ0n) is 15.5. The fraction of sp³-hybridized carbons (Fsp3) is 0.579. The Morgan fingerprint density at radius 2 is 2.00 bits per heavy atom. The predicted molar refractivity (Wildman–Crippen MR) is 95.3 cm³/mol. The van der Waals surface area contributed by atoms with Crippen molar-refractivity contribution >= 4 is 12.0 Å². The maximum Gasteiger partial charge on any atom is 0.410 e. The van der Waals surface area contributed by atoms with Crippen LogP contribution in [0.15, 0.2) is 24.3 Å². The zero-order valence-corrected chi connectivity index (χ0v) is 15.5. The maximum absolute atomic E-state index is 12.3. The summed E-state index contributed by atoms with van der Waals surface area (Å²) < 4.78 is 16.7. The molecule has 0 unspecified atom stereocenters. The van der Waals surface area contributed by atoms with Crippen molar-refractivity contribution in [3.8, 4) is 11.5 Å². The number of carbonyl (C=O) groups is 2. The van der Waals surface area contributed by atoms with Gasteiger partial charge in [0.15, 0.2) is 11.5 Å². The average molecular weight is 362 g/mol. The second kappa shape index (κ2) is 7.43. The molecule has 1 aromatic rings. The molecule has 1 saturated heterocycles. The Hall–Kier alpha value is -2.44. The Bertz CT molecular complexity index is 670. The van der Waals surface area contributed by atoms with Crippen LogP contribution in [0.5, 0.6) is 11.5 Å². The molecule has 142 valence electrons. The third kappa shape index (κ3) is 4.59. The van der Waals surface area contributed by atoms with Crippen LogP contribution in [0.25, 0.3) is 0 Å². The van der Waals surface area contributed by atoms with Gasteiger partial charge in [0.1, 0.15) is 12.2 Å². The van der Waals surface area contributed by atoms with Gasteiger partial charge in [-0.2, -0.15) is 0 Å². The average Bonchev–Trinajstić information content (AvgIpc) is 3.07. The molecule has 2 aliphatic heterocycles. The highest BCUT2D eigenvalue weighted by molar-refractivity contribution is 5.81. The van der Waals surface area contributed by atoms with E-state index in [1.165, 1.54) is 0 Å². The van der Waals surface area contributed by atoms with Crippen molar-refractivity contribution < 1.29 is 23.8 Å². The lowest BCUT2D eigenvalue weighted by Gasteiger charge is -2.26. The molecule has 1 N–H and O–H groups in total. The lowest BCUT2D eigenvalue weighted by Crippen LogP contribution is -2.45. The van der Waals surface area contributed by atoms with Gasteiger partial charge in [-0.3, -0.25) is 4.79 Å². The quantitative estimate of drug-likeness (QED) is 0.892. The Morgan fingerprint density at radius 3 is 2.73 bits per heavy atom. The normalized spacial score (nSPS) is 22.0. The van der Waals surface area contributed by atoms with Gasteiger partial charge in [-0.05, 0) is 45.2 Å². The van der Waals surface area contributed by atoms with E-state index in [4.69, 9.17) is 14.2 Å². The highest BCUT2D eigenvalue weighted by atomic mass is 16.6. The van der Waals surface area contributed by atoms with Gasteiger partial charge < -0.3 is 24.4 Å². The van der Waals surface area contributed by atoms with Gasteiger partial charge in [-0.15, -0.1) is 0 Å². The van der Waals surface area contributed by atoms with Crippen LogP contribution in [0.3, 0.4) is 0 Å². The standard InChI is InChI=1S/C19H26N2O5/c1-19(2,3)26-18(23)21-9-8-13(11-21)10-20-17(22)16-12-24-14-6-4-5-7-15(14)25-16/h4-7,13,16H,8-12H2,1-3H3,(H,20,22)/t13-,16+/m1/s1. The van der Waals surface area contributed by atoms with Crippen LogP contribution in [-0.2, 0) is 9.53 Å². The summed E-state index contributed by atoms with van der Waals surface area (Å²) in [5.41, 5.74) is -0.502. The van der Waals surface area contributed by atoms with Crippen molar-refractivity contribution in [1.29, 1.82) is 0 Å². The van der Waals surface area contributed by atoms with Crippen LogP contribution >= 0.6 is 0 Å². The van der Waals surface area contributed by atoms with Gasteiger partial charge >= 0.3 is 6.09 Å². The lowest BCUT2D eigenvalue weighted by molar-refractivity contribution is -0.130. The van der Waals surface area contributed by atoms with Gasteiger partial charge in [-0.25, -0.2) is 4.79 Å². The molecule has 3 rings (SSSR count). The minimum atomic E-state index is -0.659. The summed E-state index contributed by atoms with van der Waals surface area (Å²) in [6.07, 6.45) is -0.120. The molecule has 0 spiro atoms. The molecule has 0 bridgehead atoms. The molecule has 0 aliphatic carbocycles. The lowest BCUT2D eigenvalue weighted by atomic mass is 10.1. The van der Waals surface area contributed by atoms with Crippen LogP contribution in [0.2, 0.25) is 0 Å². The largest absolute Gasteiger partial charge is 0.485 e. The minimum absolute atomic E-state index is 0.192. The monoisotopic (exact) mass is 362 g/mol. The first-order chi connectivity index (χ1) is 12.3. The summed E-state index contributed by atoms with van der Waals surface area (Å²) in [4.78, 5) is 26.1. The number of likely N-dealkylation sites (tertiary alicyclic amines) is 1. The second-order valence-electron chi connectivity index (χ2n) is 7.69. The SMILES string of the molecule is CC(C)(C)OC(=O)N1CC[C@H](CNC(=O)[C@@H]2COc3ccccc3O2)C1. The molecular formula is C19H26N2O5. The molecule has 7 nitrogen and oxygen atoms in total. The summed E-state index contributed by atoms with van der Waals surface area (Å²) in [5, 5.41) is 2.91. The first kappa shape index (κ1) is 18.4. The molecular weight excluding hydrogens is 336 g/mol. The molecule has 1 aromatic carbocycles. The molecule has 26 heavy (non-hydrogen) atoms. The van der Waals surface area contributed by atoms with Gasteiger partial charge in [0.2, 0.25) is 6.10 Å². The van der Waals surface area contributed by atoms with Crippen LogP contribution in [-0.4, -0.2) is 54.8 Å². The van der Waals surface area contributed by atoms with Crippen LogP contribution in [0.1, 0.15) is 27.2 Å². The topological polar surface area (TPSA) is 77.1 Å². The predicted octanol–water partition coefficient (Wildman–Crippen LogP) is 2.20. The molecule has 2 atom stereocenters. The van der Waals surface area contributed by atoms with E-state index in [1.807, 2.05) is 39.0 Å². The Kier molecular flexibility index (Phi) is 5.25.